The van der Waals surface area contributed by atoms with Crippen molar-refractivity contribution in [2.45, 2.75) is 12.3 Å². The number of rotatable bonds is 3. The second-order valence-corrected chi connectivity index (χ2v) is 6.31. The highest BCUT2D eigenvalue weighted by Gasteiger charge is 2.40. The summed E-state index contributed by atoms with van der Waals surface area (Å²) in [5.41, 5.74) is 0.216. The first-order valence-corrected chi connectivity index (χ1v) is 7.51. The molecule has 118 valence electrons. The number of amides is 5. The Bertz CT molecular complexity index is 616. The summed E-state index contributed by atoms with van der Waals surface area (Å²) in [4.78, 5) is 37.9. The molecule has 5 amide bonds. The van der Waals surface area contributed by atoms with Crippen LogP contribution in [0.25, 0.3) is 0 Å². The molecule has 22 heavy (non-hydrogen) atoms. The van der Waals surface area contributed by atoms with Crippen molar-refractivity contribution >= 4 is 58.5 Å². The summed E-state index contributed by atoms with van der Waals surface area (Å²) in [5.74, 6) is -0.544. The van der Waals surface area contributed by atoms with Crippen LogP contribution in [0.2, 0.25) is 10.0 Å². The minimum absolute atomic E-state index is 0.182. The van der Waals surface area contributed by atoms with E-state index < -0.39 is 18.0 Å². The maximum absolute atomic E-state index is 12.3. The van der Waals surface area contributed by atoms with Crippen molar-refractivity contribution in [2.75, 3.05) is 18.0 Å². The number of carbonyl (C=O) groups is 3. The average Bonchev–Trinajstić information content (AvgIpc) is 2.70. The lowest BCUT2D eigenvalue weighted by molar-refractivity contribution is -0.116. The molecule has 2 rings (SSSR count). The van der Waals surface area contributed by atoms with Crippen LogP contribution in [-0.2, 0) is 4.79 Å². The number of anilines is 1. The fourth-order valence-corrected chi connectivity index (χ4v) is 2.50. The summed E-state index contributed by atoms with van der Waals surface area (Å²) in [5, 5.41) is 2.74. The monoisotopic (exact) mass is 363 g/mol. The smallest absolute Gasteiger partial charge is 0.336 e. The molecule has 6 nitrogen and oxygen atoms in total. The molecular weight excluding hydrogens is 353 g/mol. The van der Waals surface area contributed by atoms with Gasteiger partial charge in [0.1, 0.15) is 6.54 Å². The van der Waals surface area contributed by atoms with E-state index in [0.29, 0.717) is 0 Å². The molecule has 1 N–H and O–H groups in total. The molecule has 0 radical (unpaired) electrons. The molecule has 1 fully saturated rings. The van der Waals surface area contributed by atoms with Crippen molar-refractivity contribution in [2.24, 2.45) is 0 Å². The van der Waals surface area contributed by atoms with E-state index in [9.17, 15) is 14.4 Å². The van der Waals surface area contributed by atoms with Crippen molar-refractivity contribution in [1.82, 2.24) is 10.2 Å². The van der Waals surface area contributed by atoms with Crippen molar-refractivity contribution in [3.63, 3.8) is 0 Å². The summed E-state index contributed by atoms with van der Waals surface area (Å²) in [7, 11) is 0. The van der Waals surface area contributed by atoms with Gasteiger partial charge in [0.25, 0.3) is 5.91 Å². The molecule has 9 heteroatoms. The Labute approximate surface area is 141 Å². The zero-order valence-corrected chi connectivity index (χ0v) is 13.7. The molecule has 1 saturated heterocycles. The van der Waals surface area contributed by atoms with Crippen LogP contribution < -0.4 is 10.2 Å². The minimum atomic E-state index is -0.761. The lowest BCUT2D eigenvalue weighted by Crippen LogP contribution is -2.44. The van der Waals surface area contributed by atoms with Gasteiger partial charge in [0.05, 0.1) is 5.69 Å². The first-order valence-electron chi connectivity index (χ1n) is 6.32. The van der Waals surface area contributed by atoms with Gasteiger partial charge in [-0.25, -0.2) is 19.4 Å². The highest BCUT2D eigenvalue weighted by atomic mass is 35.5. The van der Waals surface area contributed by atoms with Crippen LogP contribution in [0.3, 0.4) is 0 Å². The van der Waals surface area contributed by atoms with E-state index in [4.69, 9.17) is 34.8 Å². The Morgan fingerprint density at radius 1 is 1.27 bits per heavy atom. The quantitative estimate of drug-likeness (QED) is 0.662. The molecule has 1 aliphatic rings. The van der Waals surface area contributed by atoms with Gasteiger partial charge in [-0.05, 0) is 25.1 Å². The predicted molar refractivity (Wildman–Crippen MR) is 84.8 cm³/mol. The van der Waals surface area contributed by atoms with E-state index in [-0.39, 0.29) is 34.2 Å². The summed E-state index contributed by atoms with van der Waals surface area (Å²) < 4.78 is 0. The van der Waals surface area contributed by atoms with Gasteiger partial charge in [-0.1, -0.05) is 23.2 Å². The second kappa shape index (κ2) is 6.73. The molecule has 0 spiro atoms. The molecule has 1 aliphatic heterocycles. The molecular formula is C13H12Cl3N3O3. The third kappa shape index (κ3) is 3.63. The van der Waals surface area contributed by atoms with E-state index in [1.807, 2.05) is 0 Å². The van der Waals surface area contributed by atoms with Crippen LogP contribution in [0, 0.1) is 0 Å². The zero-order valence-electron chi connectivity index (χ0n) is 11.5. The van der Waals surface area contributed by atoms with Crippen LogP contribution in [0.15, 0.2) is 18.2 Å². The van der Waals surface area contributed by atoms with Crippen LogP contribution in [0.1, 0.15) is 6.92 Å². The van der Waals surface area contributed by atoms with Crippen LogP contribution in [0.4, 0.5) is 15.3 Å². The molecule has 0 aliphatic carbocycles. The highest BCUT2D eigenvalue weighted by molar-refractivity contribution is 6.35. The maximum Gasteiger partial charge on any atom is 0.340 e. The number of hydrogen-bond donors (Lipinski definition) is 1. The first kappa shape index (κ1) is 16.9. The Morgan fingerprint density at radius 3 is 2.41 bits per heavy atom. The summed E-state index contributed by atoms with van der Waals surface area (Å²) in [6, 6.07) is 2.88. The number of imide groups is 2. The number of carbonyl (C=O) groups excluding carboxylic acids is 3. The number of halogens is 3. The van der Waals surface area contributed by atoms with Gasteiger partial charge in [-0.3, -0.25) is 4.79 Å². The van der Waals surface area contributed by atoms with Gasteiger partial charge in [-0.2, -0.15) is 0 Å². The lowest BCUT2D eigenvalue weighted by Gasteiger charge is -2.17. The Hall–Kier alpha value is -1.50. The second-order valence-electron chi connectivity index (χ2n) is 4.69. The van der Waals surface area contributed by atoms with Crippen molar-refractivity contribution in [3.8, 4) is 0 Å². The van der Waals surface area contributed by atoms with Gasteiger partial charge in [0.15, 0.2) is 0 Å². The number of urea groups is 2. The fraction of sp³-hybridized carbons (Fsp3) is 0.308. The topological polar surface area (TPSA) is 69.7 Å². The highest BCUT2D eigenvalue weighted by Crippen LogP contribution is 2.28. The number of hydrogen-bond acceptors (Lipinski definition) is 3. The molecule has 1 aromatic rings. The van der Waals surface area contributed by atoms with Crippen molar-refractivity contribution in [1.29, 1.82) is 0 Å². The van der Waals surface area contributed by atoms with E-state index in [1.54, 1.807) is 6.92 Å². The average molecular weight is 365 g/mol. The van der Waals surface area contributed by atoms with Gasteiger partial charge in [-0.15, -0.1) is 11.6 Å². The molecule has 1 aromatic carbocycles. The number of nitrogens with one attached hydrogen (secondary N) is 1. The van der Waals surface area contributed by atoms with Crippen molar-refractivity contribution < 1.29 is 14.4 Å². The summed E-state index contributed by atoms with van der Waals surface area (Å²) in [6.07, 6.45) is 0. The van der Waals surface area contributed by atoms with Crippen LogP contribution in [0.5, 0.6) is 0 Å². The largest absolute Gasteiger partial charge is 0.340 e. The number of nitrogens with zero attached hydrogens (tertiary/aromatic N) is 2. The normalized spacial score (nSPS) is 16.2. The molecule has 0 bridgehead atoms. The molecule has 1 unspecified atom stereocenters. The Kier molecular flexibility index (Phi) is 5.16. The summed E-state index contributed by atoms with van der Waals surface area (Å²) in [6.45, 7) is 1.52. The Morgan fingerprint density at radius 2 is 1.86 bits per heavy atom. The zero-order chi connectivity index (χ0) is 16.4. The Balaban J connectivity index is 2.20. The van der Waals surface area contributed by atoms with Crippen molar-refractivity contribution in [3.05, 3.63) is 28.2 Å². The van der Waals surface area contributed by atoms with E-state index >= 15 is 0 Å². The van der Waals surface area contributed by atoms with Crippen LogP contribution >= 0.6 is 34.8 Å². The summed E-state index contributed by atoms with van der Waals surface area (Å²) >= 11 is 17.5. The molecule has 1 heterocycles. The number of alkyl halides is 1. The van der Waals surface area contributed by atoms with E-state index in [1.165, 1.54) is 18.2 Å². The van der Waals surface area contributed by atoms with Gasteiger partial charge in [0, 0.05) is 22.0 Å². The van der Waals surface area contributed by atoms with Crippen LogP contribution in [-0.4, -0.2) is 41.3 Å². The maximum atomic E-state index is 12.3. The molecule has 0 aromatic heterocycles. The first-order chi connectivity index (χ1) is 10.3. The van der Waals surface area contributed by atoms with Gasteiger partial charge >= 0.3 is 12.1 Å². The lowest BCUT2D eigenvalue weighted by atomic mass is 10.3. The standard InChI is InChI=1S/C13H12Cl3N3O3/c1-7(14)5-17-12(21)18-6-11(20)19(13(18)22)10-3-8(15)2-9(16)4-10/h2-4,7H,5-6H2,1H3,(H,17,21). The molecule has 0 saturated carbocycles. The van der Waals surface area contributed by atoms with Gasteiger partial charge in [0.2, 0.25) is 0 Å². The fourth-order valence-electron chi connectivity index (χ4n) is 1.91. The SMILES string of the molecule is CC(Cl)CNC(=O)N1CC(=O)N(c2cc(Cl)cc(Cl)c2)C1=O. The third-order valence-corrected chi connectivity index (χ3v) is 3.44. The number of benzene rings is 1. The predicted octanol–water partition coefficient (Wildman–Crippen LogP) is 3.10. The molecule has 1 atom stereocenters. The van der Waals surface area contributed by atoms with E-state index in [0.717, 1.165) is 9.80 Å². The van der Waals surface area contributed by atoms with Gasteiger partial charge < -0.3 is 5.32 Å². The third-order valence-electron chi connectivity index (χ3n) is 2.85. The van der Waals surface area contributed by atoms with E-state index in [2.05, 4.69) is 5.32 Å². The minimum Gasteiger partial charge on any atom is -0.336 e.